The van der Waals surface area contributed by atoms with Crippen LogP contribution in [-0.2, 0) is 11.3 Å². The van der Waals surface area contributed by atoms with Gasteiger partial charge in [-0.3, -0.25) is 4.79 Å². The van der Waals surface area contributed by atoms with Crippen molar-refractivity contribution < 1.29 is 9.90 Å². The molecule has 0 atom stereocenters. The first-order chi connectivity index (χ1) is 18.1. The van der Waals surface area contributed by atoms with Crippen LogP contribution in [0.4, 0.5) is 0 Å². The van der Waals surface area contributed by atoms with Gasteiger partial charge in [0.1, 0.15) is 0 Å². The van der Waals surface area contributed by atoms with Gasteiger partial charge in [-0.25, -0.2) is 4.98 Å². The SMILES string of the molecule is CCCCC(=O)N(Cc1ccc2nc(-c3ccc(-c4nn[nH]n4)cc3)ccc2c1)CC1(CO)CCCC1. The van der Waals surface area contributed by atoms with Gasteiger partial charge in [-0.2, -0.15) is 5.21 Å². The molecular weight excluding hydrogens is 464 g/mol. The minimum Gasteiger partial charge on any atom is -0.396 e. The smallest absolute Gasteiger partial charge is 0.222 e. The molecule has 1 aliphatic carbocycles. The molecule has 1 fully saturated rings. The van der Waals surface area contributed by atoms with E-state index in [0.717, 1.165) is 71.8 Å². The van der Waals surface area contributed by atoms with Crippen molar-refractivity contribution in [1.29, 1.82) is 0 Å². The van der Waals surface area contributed by atoms with E-state index in [-0.39, 0.29) is 17.9 Å². The second-order valence-corrected chi connectivity index (χ2v) is 10.3. The predicted molar refractivity (Wildman–Crippen MR) is 143 cm³/mol. The molecular formula is C29H34N6O2. The summed E-state index contributed by atoms with van der Waals surface area (Å²) in [5.41, 5.74) is 4.63. The fourth-order valence-corrected chi connectivity index (χ4v) is 5.34. The van der Waals surface area contributed by atoms with Crippen molar-refractivity contribution in [3.05, 3.63) is 60.2 Å². The number of hydrogen-bond donors (Lipinski definition) is 2. The van der Waals surface area contributed by atoms with Crippen LogP contribution in [0.25, 0.3) is 33.5 Å². The van der Waals surface area contributed by atoms with Gasteiger partial charge in [0.15, 0.2) is 0 Å². The second kappa shape index (κ2) is 11.2. The zero-order valence-electron chi connectivity index (χ0n) is 21.4. The number of amides is 1. The van der Waals surface area contributed by atoms with Crippen LogP contribution in [0.15, 0.2) is 54.6 Å². The van der Waals surface area contributed by atoms with Crippen LogP contribution in [0, 0.1) is 5.41 Å². The fourth-order valence-electron chi connectivity index (χ4n) is 5.34. The third kappa shape index (κ3) is 5.69. The molecule has 1 amide bonds. The molecule has 5 rings (SSSR count). The molecule has 2 N–H and O–H groups in total. The molecule has 8 nitrogen and oxygen atoms in total. The molecule has 0 radical (unpaired) electrons. The van der Waals surface area contributed by atoms with E-state index in [1.165, 1.54) is 0 Å². The largest absolute Gasteiger partial charge is 0.396 e. The van der Waals surface area contributed by atoms with Crippen molar-refractivity contribution in [3.8, 4) is 22.6 Å². The second-order valence-electron chi connectivity index (χ2n) is 10.3. The molecule has 0 unspecified atom stereocenters. The lowest BCUT2D eigenvalue weighted by atomic mass is 9.86. The number of carbonyl (C=O) groups excluding carboxylic acids is 1. The Bertz CT molecular complexity index is 1330. The molecule has 0 aliphatic heterocycles. The highest BCUT2D eigenvalue weighted by Crippen LogP contribution is 2.39. The van der Waals surface area contributed by atoms with Crippen LogP contribution in [0.1, 0.15) is 57.4 Å². The average Bonchev–Trinajstić information content (AvgIpc) is 3.64. The summed E-state index contributed by atoms with van der Waals surface area (Å²) in [7, 11) is 0. The molecule has 4 aromatic rings. The molecule has 8 heteroatoms. The van der Waals surface area contributed by atoms with Crippen molar-refractivity contribution in [2.24, 2.45) is 5.41 Å². The number of benzene rings is 2. The van der Waals surface area contributed by atoms with Gasteiger partial charge < -0.3 is 10.0 Å². The van der Waals surface area contributed by atoms with Gasteiger partial charge in [0.25, 0.3) is 0 Å². The topological polar surface area (TPSA) is 108 Å². The summed E-state index contributed by atoms with van der Waals surface area (Å²) in [4.78, 5) is 20.0. The lowest BCUT2D eigenvalue weighted by molar-refractivity contribution is -0.134. The Balaban J connectivity index is 1.35. The van der Waals surface area contributed by atoms with Gasteiger partial charge in [0.2, 0.25) is 11.7 Å². The molecule has 0 saturated heterocycles. The summed E-state index contributed by atoms with van der Waals surface area (Å²) < 4.78 is 0. The van der Waals surface area contributed by atoms with Crippen molar-refractivity contribution in [2.75, 3.05) is 13.2 Å². The lowest BCUT2D eigenvalue weighted by Gasteiger charge is -2.34. The first-order valence-electron chi connectivity index (χ1n) is 13.2. The van der Waals surface area contributed by atoms with Crippen molar-refractivity contribution in [2.45, 2.75) is 58.4 Å². The van der Waals surface area contributed by atoms with Gasteiger partial charge in [-0.15, -0.1) is 10.2 Å². The normalized spacial score (nSPS) is 14.8. The zero-order valence-corrected chi connectivity index (χ0v) is 21.4. The van der Waals surface area contributed by atoms with E-state index in [0.29, 0.717) is 25.3 Å². The van der Waals surface area contributed by atoms with Crippen molar-refractivity contribution >= 4 is 16.8 Å². The van der Waals surface area contributed by atoms with Crippen LogP contribution in [-0.4, -0.2) is 54.7 Å². The van der Waals surface area contributed by atoms with Crippen molar-refractivity contribution in [3.63, 3.8) is 0 Å². The van der Waals surface area contributed by atoms with Crippen LogP contribution in [0.3, 0.4) is 0 Å². The quantitative estimate of drug-likeness (QED) is 0.313. The third-order valence-electron chi connectivity index (χ3n) is 7.53. The summed E-state index contributed by atoms with van der Waals surface area (Å²) in [6, 6.07) is 18.3. The summed E-state index contributed by atoms with van der Waals surface area (Å²) in [6.07, 6.45) is 6.67. The number of unbranched alkanes of at least 4 members (excludes halogenated alkanes) is 1. The van der Waals surface area contributed by atoms with E-state index in [1.807, 2.05) is 41.3 Å². The highest BCUT2D eigenvalue weighted by Gasteiger charge is 2.36. The maximum absolute atomic E-state index is 13.1. The number of aliphatic hydroxyl groups is 1. The van der Waals surface area contributed by atoms with Gasteiger partial charge in [-0.1, -0.05) is 62.6 Å². The van der Waals surface area contributed by atoms with Crippen molar-refractivity contribution in [1.82, 2.24) is 30.5 Å². The van der Waals surface area contributed by atoms with Crippen LogP contribution in [0.5, 0.6) is 0 Å². The number of aliphatic hydroxyl groups excluding tert-OH is 1. The molecule has 1 saturated carbocycles. The van der Waals surface area contributed by atoms with Gasteiger partial charge in [0.05, 0.1) is 17.8 Å². The van der Waals surface area contributed by atoms with Crippen LogP contribution < -0.4 is 0 Å². The molecule has 2 heterocycles. The van der Waals surface area contributed by atoms with Crippen LogP contribution in [0.2, 0.25) is 0 Å². The fraction of sp³-hybridized carbons (Fsp3) is 0.414. The van der Waals surface area contributed by atoms with E-state index in [4.69, 9.17) is 4.98 Å². The number of fused-ring (bicyclic) bond motifs is 1. The number of tetrazole rings is 1. The molecule has 0 bridgehead atoms. The van der Waals surface area contributed by atoms with Crippen LogP contribution >= 0.6 is 0 Å². The number of pyridine rings is 1. The maximum Gasteiger partial charge on any atom is 0.222 e. The Hall–Kier alpha value is -3.65. The summed E-state index contributed by atoms with van der Waals surface area (Å²) in [6.45, 7) is 3.43. The standard InChI is InChI=1S/C29H34N6O2/c1-2-3-6-27(37)35(19-29(20-36)15-4-5-16-29)18-21-7-13-26-24(17-21)12-14-25(30-26)22-8-10-23(11-9-22)28-31-33-34-32-28/h7-14,17,36H,2-6,15-16,18-20H2,1H3,(H,31,32,33,34). The summed E-state index contributed by atoms with van der Waals surface area (Å²) in [5.74, 6) is 0.741. The van der Waals surface area contributed by atoms with Gasteiger partial charge >= 0.3 is 0 Å². The number of nitrogens with zero attached hydrogens (tertiary/aromatic N) is 5. The van der Waals surface area contributed by atoms with E-state index in [1.54, 1.807) is 0 Å². The first-order valence-corrected chi connectivity index (χ1v) is 13.2. The van der Waals surface area contributed by atoms with E-state index >= 15 is 0 Å². The lowest BCUT2D eigenvalue weighted by Crippen LogP contribution is -2.41. The zero-order chi connectivity index (χ0) is 25.7. The minimum atomic E-state index is -0.158. The Labute approximate surface area is 217 Å². The highest BCUT2D eigenvalue weighted by molar-refractivity contribution is 5.83. The van der Waals surface area contributed by atoms with Gasteiger partial charge in [0, 0.05) is 41.4 Å². The summed E-state index contributed by atoms with van der Waals surface area (Å²) in [5, 5.41) is 25.3. The number of carbonyl (C=O) groups is 1. The Morgan fingerprint density at radius 3 is 2.54 bits per heavy atom. The number of hydrogen-bond acceptors (Lipinski definition) is 6. The molecule has 37 heavy (non-hydrogen) atoms. The van der Waals surface area contributed by atoms with E-state index in [2.05, 4.69) is 45.7 Å². The third-order valence-corrected chi connectivity index (χ3v) is 7.53. The molecule has 192 valence electrons. The molecule has 2 aromatic carbocycles. The molecule has 1 aliphatic rings. The highest BCUT2D eigenvalue weighted by atomic mass is 16.3. The van der Waals surface area contributed by atoms with E-state index in [9.17, 15) is 9.90 Å². The number of aromatic nitrogens is 5. The predicted octanol–water partition coefficient (Wildman–Crippen LogP) is 5.15. The molecule has 0 spiro atoms. The number of rotatable bonds is 10. The molecule has 2 aromatic heterocycles. The Kier molecular flexibility index (Phi) is 7.55. The monoisotopic (exact) mass is 498 g/mol. The maximum atomic E-state index is 13.1. The average molecular weight is 499 g/mol. The Morgan fingerprint density at radius 2 is 1.84 bits per heavy atom. The number of H-pyrrole nitrogens is 1. The van der Waals surface area contributed by atoms with Gasteiger partial charge in [-0.05, 0) is 48.2 Å². The van der Waals surface area contributed by atoms with E-state index < -0.39 is 0 Å². The Morgan fingerprint density at radius 1 is 1.05 bits per heavy atom. The summed E-state index contributed by atoms with van der Waals surface area (Å²) >= 11 is 0. The number of nitrogens with one attached hydrogen (secondary N) is 1. The first kappa shape index (κ1) is 25.0. The minimum absolute atomic E-state index is 0.144. The number of aromatic amines is 1.